The molecule has 1 fully saturated rings. The Bertz CT molecular complexity index is 338. The average Bonchev–Trinajstić information content (AvgIpc) is 3.07. The maximum Gasteiger partial charge on any atom is 0.328 e. The fourth-order valence-corrected chi connectivity index (χ4v) is 3.11. The Kier molecular flexibility index (Phi) is 10.8. The molecule has 1 aliphatic rings. The van der Waals surface area contributed by atoms with Gasteiger partial charge in [0.05, 0.1) is 6.61 Å². The Hall–Kier alpha value is -1.06. The van der Waals surface area contributed by atoms with Crippen LogP contribution in [0.5, 0.6) is 0 Å². The van der Waals surface area contributed by atoms with Crippen molar-refractivity contribution in [3.8, 4) is 0 Å². The van der Waals surface area contributed by atoms with Gasteiger partial charge in [-0.3, -0.25) is 4.79 Å². The number of unbranched alkanes of at least 4 members (excludes halogenated alkanes) is 7. The van der Waals surface area contributed by atoms with Crippen LogP contribution >= 0.6 is 0 Å². The Labute approximate surface area is 141 Å². The van der Waals surface area contributed by atoms with E-state index < -0.39 is 6.04 Å². The predicted molar refractivity (Wildman–Crippen MR) is 93.1 cm³/mol. The Morgan fingerprint density at radius 2 is 1.57 bits per heavy atom. The summed E-state index contributed by atoms with van der Waals surface area (Å²) < 4.78 is 5.26. The lowest BCUT2D eigenvalue weighted by atomic mass is 10.1. The van der Waals surface area contributed by atoms with E-state index in [1.807, 2.05) is 0 Å². The van der Waals surface area contributed by atoms with Crippen LogP contribution in [0, 0.1) is 5.92 Å². The molecule has 1 saturated carbocycles. The van der Waals surface area contributed by atoms with Crippen LogP contribution in [0.15, 0.2) is 0 Å². The maximum atomic E-state index is 12.0. The quantitative estimate of drug-likeness (QED) is 0.428. The summed E-state index contributed by atoms with van der Waals surface area (Å²) in [5, 5.41) is 2.79. The summed E-state index contributed by atoms with van der Waals surface area (Å²) in [5.74, 6) is -0.198. The van der Waals surface area contributed by atoms with Crippen molar-refractivity contribution < 1.29 is 14.3 Å². The first-order valence-corrected chi connectivity index (χ1v) is 9.62. The summed E-state index contributed by atoms with van der Waals surface area (Å²) in [5.41, 5.74) is 0. The summed E-state index contributed by atoms with van der Waals surface area (Å²) in [7, 11) is 0. The van der Waals surface area contributed by atoms with E-state index in [2.05, 4.69) is 12.2 Å². The van der Waals surface area contributed by atoms with Crippen LogP contribution < -0.4 is 5.32 Å². The molecule has 1 aliphatic carbocycles. The lowest BCUT2D eigenvalue weighted by molar-refractivity contribution is -0.147. The largest absolute Gasteiger partial charge is 0.464 e. The molecule has 1 atom stereocenters. The molecular weight excluding hydrogens is 290 g/mol. The number of carbonyl (C=O) groups excluding carboxylic acids is 2. The summed E-state index contributed by atoms with van der Waals surface area (Å²) >= 11 is 0. The molecule has 0 aromatic carbocycles. The molecule has 0 spiro atoms. The highest BCUT2D eigenvalue weighted by molar-refractivity contribution is 5.85. The van der Waals surface area contributed by atoms with Gasteiger partial charge in [-0.2, -0.15) is 0 Å². The second kappa shape index (κ2) is 12.4. The third-order valence-electron chi connectivity index (χ3n) is 4.68. The molecule has 134 valence electrons. The zero-order valence-corrected chi connectivity index (χ0v) is 15.1. The van der Waals surface area contributed by atoms with Crippen molar-refractivity contribution in [2.75, 3.05) is 6.61 Å². The molecule has 4 heteroatoms. The van der Waals surface area contributed by atoms with Gasteiger partial charge in [0.2, 0.25) is 5.91 Å². The smallest absolute Gasteiger partial charge is 0.328 e. The van der Waals surface area contributed by atoms with Crippen LogP contribution in [0.1, 0.15) is 90.9 Å². The second-order valence-corrected chi connectivity index (χ2v) is 6.85. The number of esters is 1. The van der Waals surface area contributed by atoms with Crippen molar-refractivity contribution in [1.82, 2.24) is 5.32 Å². The zero-order chi connectivity index (χ0) is 16.9. The SMILES string of the molecule is CCCCCCCCCCOC(=O)[C@H](C)NC(=O)C1CCCC1. The number of amides is 1. The fourth-order valence-electron chi connectivity index (χ4n) is 3.11. The van der Waals surface area contributed by atoms with Gasteiger partial charge >= 0.3 is 5.97 Å². The number of carbonyl (C=O) groups is 2. The van der Waals surface area contributed by atoms with Crippen LogP contribution in [0.3, 0.4) is 0 Å². The number of ether oxygens (including phenoxy) is 1. The van der Waals surface area contributed by atoms with Crippen LogP contribution in [0.25, 0.3) is 0 Å². The van der Waals surface area contributed by atoms with Crippen molar-refractivity contribution in [3.05, 3.63) is 0 Å². The Balaban J connectivity index is 1.99. The minimum atomic E-state index is -0.530. The molecule has 0 unspecified atom stereocenters. The van der Waals surface area contributed by atoms with Gasteiger partial charge in [-0.05, 0) is 26.2 Å². The standard InChI is InChI=1S/C19H35NO3/c1-3-4-5-6-7-8-9-12-15-23-19(22)16(2)20-18(21)17-13-10-11-14-17/h16-17H,3-15H2,1-2H3,(H,20,21)/t16-/m0/s1. The second-order valence-electron chi connectivity index (χ2n) is 6.85. The first-order valence-electron chi connectivity index (χ1n) is 9.62. The Morgan fingerprint density at radius 3 is 2.17 bits per heavy atom. The van der Waals surface area contributed by atoms with E-state index in [4.69, 9.17) is 4.74 Å². The van der Waals surface area contributed by atoms with Gasteiger partial charge in [0.1, 0.15) is 6.04 Å². The van der Waals surface area contributed by atoms with E-state index >= 15 is 0 Å². The molecular formula is C19H35NO3. The molecule has 0 aromatic rings. The van der Waals surface area contributed by atoms with Gasteiger partial charge in [0.15, 0.2) is 0 Å². The zero-order valence-electron chi connectivity index (χ0n) is 15.1. The van der Waals surface area contributed by atoms with Crippen molar-refractivity contribution in [3.63, 3.8) is 0 Å². The van der Waals surface area contributed by atoms with E-state index in [-0.39, 0.29) is 17.8 Å². The molecule has 1 N–H and O–H groups in total. The number of hydrogen-bond acceptors (Lipinski definition) is 3. The van der Waals surface area contributed by atoms with Crippen LogP contribution in [-0.4, -0.2) is 24.5 Å². The lowest BCUT2D eigenvalue weighted by Crippen LogP contribution is -2.42. The number of rotatable bonds is 12. The van der Waals surface area contributed by atoms with E-state index in [1.165, 1.54) is 38.5 Å². The molecule has 4 nitrogen and oxygen atoms in total. The fraction of sp³-hybridized carbons (Fsp3) is 0.895. The molecule has 0 heterocycles. The molecule has 23 heavy (non-hydrogen) atoms. The minimum absolute atomic E-state index is 0.0130. The monoisotopic (exact) mass is 325 g/mol. The van der Waals surface area contributed by atoms with Gasteiger partial charge < -0.3 is 10.1 Å². The molecule has 0 aromatic heterocycles. The highest BCUT2D eigenvalue weighted by Crippen LogP contribution is 2.24. The van der Waals surface area contributed by atoms with E-state index in [9.17, 15) is 9.59 Å². The van der Waals surface area contributed by atoms with Crippen LogP contribution in [0.4, 0.5) is 0 Å². The average molecular weight is 325 g/mol. The van der Waals surface area contributed by atoms with Gasteiger partial charge in [0, 0.05) is 5.92 Å². The molecule has 0 bridgehead atoms. The maximum absolute atomic E-state index is 12.0. The van der Waals surface area contributed by atoms with E-state index in [1.54, 1.807) is 6.92 Å². The topological polar surface area (TPSA) is 55.4 Å². The molecule has 0 aliphatic heterocycles. The highest BCUT2D eigenvalue weighted by Gasteiger charge is 2.25. The van der Waals surface area contributed by atoms with E-state index in [0.29, 0.717) is 6.61 Å². The van der Waals surface area contributed by atoms with Crippen molar-refractivity contribution in [2.45, 2.75) is 96.9 Å². The summed E-state index contributed by atoms with van der Waals surface area (Å²) in [6.45, 7) is 4.41. The van der Waals surface area contributed by atoms with Gasteiger partial charge in [-0.1, -0.05) is 64.7 Å². The van der Waals surface area contributed by atoms with Gasteiger partial charge in [0.25, 0.3) is 0 Å². The van der Waals surface area contributed by atoms with Crippen molar-refractivity contribution in [2.24, 2.45) is 5.92 Å². The first kappa shape index (κ1) is 20.0. The van der Waals surface area contributed by atoms with E-state index in [0.717, 1.165) is 38.5 Å². The molecule has 1 amide bonds. The van der Waals surface area contributed by atoms with Crippen molar-refractivity contribution >= 4 is 11.9 Å². The molecule has 0 saturated heterocycles. The van der Waals surface area contributed by atoms with Gasteiger partial charge in [-0.15, -0.1) is 0 Å². The number of nitrogens with one attached hydrogen (secondary N) is 1. The van der Waals surface area contributed by atoms with Crippen molar-refractivity contribution in [1.29, 1.82) is 0 Å². The highest BCUT2D eigenvalue weighted by atomic mass is 16.5. The van der Waals surface area contributed by atoms with Crippen LogP contribution in [0.2, 0.25) is 0 Å². The normalized spacial score (nSPS) is 16.3. The molecule has 0 radical (unpaired) electrons. The lowest BCUT2D eigenvalue weighted by Gasteiger charge is -2.16. The summed E-state index contributed by atoms with van der Waals surface area (Å²) in [6.07, 6.45) is 13.9. The third-order valence-corrected chi connectivity index (χ3v) is 4.68. The summed E-state index contributed by atoms with van der Waals surface area (Å²) in [4.78, 5) is 23.8. The van der Waals surface area contributed by atoms with Gasteiger partial charge in [-0.25, -0.2) is 4.79 Å². The van der Waals surface area contributed by atoms with Crippen LogP contribution in [-0.2, 0) is 14.3 Å². The predicted octanol–water partition coefficient (Wildman–Crippen LogP) is 4.37. The minimum Gasteiger partial charge on any atom is -0.464 e. The molecule has 1 rings (SSSR count). The third kappa shape index (κ3) is 8.97. The first-order chi connectivity index (χ1) is 11.1. The summed E-state index contributed by atoms with van der Waals surface area (Å²) in [6, 6.07) is -0.530. The Morgan fingerprint density at radius 1 is 1.00 bits per heavy atom. The number of hydrogen-bond donors (Lipinski definition) is 1.